The number of hydrogen-bond acceptors (Lipinski definition) is 4. The molecular weight excluding hydrogens is 341 g/mol. The van der Waals surface area contributed by atoms with E-state index in [1.807, 2.05) is 0 Å². The lowest BCUT2D eigenvalue weighted by atomic mass is 10.1. The van der Waals surface area contributed by atoms with Crippen molar-refractivity contribution in [2.75, 3.05) is 7.11 Å². The molecule has 0 aliphatic rings. The lowest BCUT2D eigenvalue weighted by molar-refractivity contribution is 0.0590. The number of aromatic nitrogens is 3. The monoisotopic (exact) mass is 349 g/mol. The lowest BCUT2D eigenvalue weighted by Crippen LogP contribution is -2.10. The van der Waals surface area contributed by atoms with E-state index in [1.165, 1.54) is 23.8 Å². The van der Waals surface area contributed by atoms with E-state index in [4.69, 9.17) is 4.74 Å². The van der Waals surface area contributed by atoms with E-state index in [2.05, 4.69) is 26.0 Å². The third-order valence-electron chi connectivity index (χ3n) is 2.96. The maximum absolute atomic E-state index is 13.0. The molecule has 0 radical (unpaired) electrons. The topological polar surface area (TPSA) is 56.5 Å². The molecular formula is C14H9BrFN3O2. The summed E-state index contributed by atoms with van der Waals surface area (Å²) in [4.78, 5) is 16.3. The summed E-state index contributed by atoms with van der Waals surface area (Å²) in [5, 5.41) is 4.08. The predicted molar refractivity (Wildman–Crippen MR) is 77.4 cm³/mol. The quantitative estimate of drug-likeness (QED) is 0.667. The van der Waals surface area contributed by atoms with Crippen molar-refractivity contribution in [3.8, 4) is 11.3 Å². The number of esters is 1. The van der Waals surface area contributed by atoms with Gasteiger partial charge in [0, 0.05) is 5.56 Å². The minimum absolute atomic E-state index is 0.243. The number of hydrogen-bond donors (Lipinski definition) is 0. The van der Waals surface area contributed by atoms with Crippen LogP contribution in [0.1, 0.15) is 10.5 Å². The Morgan fingerprint density at radius 3 is 2.71 bits per heavy atom. The Bertz CT molecular complexity index is 830. The SMILES string of the molecule is COC(=O)c1cc(-c2ccc(F)cc2)nc2c(Br)cnn12. The zero-order chi connectivity index (χ0) is 15.0. The average Bonchev–Trinajstić information content (AvgIpc) is 2.88. The van der Waals surface area contributed by atoms with Crippen molar-refractivity contribution in [3.63, 3.8) is 0 Å². The van der Waals surface area contributed by atoms with Crippen LogP contribution in [0.3, 0.4) is 0 Å². The number of rotatable bonds is 2. The number of nitrogens with zero attached hydrogens (tertiary/aromatic N) is 3. The molecule has 5 nitrogen and oxygen atoms in total. The van der Waals surface area contributed by atoms with Crippen molar-refractivity contribution in [1.29, 1.82) is 0 Å². The van der Waals surface area contributed by atoms with Crippen LogP contribution in [0.25, 0.3) is 16.9 Å². The molecule has 2 heterocycles. The Labute approximate surface area is 127 Å². The van der Waals surface area contributed by atoms with Gasteiger partial charge in [-0.3, -0.25) is 0 Å². The van der Waals surface area contributed by atoms with Crippen LogP contribution in [0.4, 0.5) is 4.39 Å². The highest BCUT2D eigenvalue weighted by Crippen LogP contribution is 2.24. The molecule has 0 fully saturated rings. The third-order valence-corrected chi connectivity index (χ3v) is 3.52. The molecule has 0 unspecified atom stereocenters. The molecule has 0 bridgehead atoms. The van der Waals surface area contributed by atoms with Gasteiger partial charge in [0.15, 0.2) is 11.3 Å². The zero-order valence-electron chi connectivity index (χ0n) is 10.9. The van der Waals surface area contributed by atoms with E-state index in [-0.39, 0.29) is 11.5 Å². The van der Waals surface area contributed by atoms with Gasteiger partial charge in [0.2, 0.25) is 0 Å². The second kappa shape index (κ2) is 5.25. The molecule has 2 aromatic heterocycles. The summed E-state index contributed by atoms with van der Waals surface area (Å²) in [5.74, 6) is -0.861. The van der Waals surface area contributed by atoms with Gasteiger partial charge in [-0.1, -0.05) is 0 Å². The highest BCUT2D eigenvalue weighted by molar-refractivity contribution is 9.10. The summed E-state index contributed by atoms with van der Waals surface area (Å²) in [6.45, 7) is 0. The van der Waals surface area contributed by atoms with Crippen LogP contribution in [0.5, 0.6) is 0 Å². The van der Waals surface area contributed by atoms with Gasteiger partial charge >= 0.3 is 5.97 Å². The van der Waals surface area contributed by atoms with E-state index in [0.717, 1.165) is 0 Å². The summed E-state index contributed by atoms with van der Waals surface area (Å²) >= 11 is 3.33. The van der Waals surface area contributed by atoms with Crippen molar-refractivity contribution < 1.29 is 13.9 Å². The van der Waals surface area contributed by atoms with E-state index >= 15 is 0 Å². The Morgan fingerprint density at radius 2 is 2.05 bits per heavy atom. The fraction of sp³-hybridized carbons (Fsp3) is 0.0714. The van der Waals surface area contributed by atoms with Crippen molar-refractivity contribution in [1.82, 2.24) is 14.6 Å². The molecule has 0 saturated heterocycles. The van der Waals surface area contributed by atoms with Crippen LogP contribution < -0.4 is 0 Å². The standard InChI is InChI=1S/C14H9BrFN3O2/c1-21-14(20)12-6-11(8-2-4-9(16)5-3-8)18-13-10(15)7-17-19(12)13/h2-7H,1H3. The van der Waals surface area contributed by atoms with Crippen molar-refractivity contribution in [2.45, 2.75) is 0 Å². The van der Waals surface area contributed by atoms with Crippen molar-refractivity contribution >= 4 is 27.5 Å². The normalized spacial score (nSPS) is 10.8. The van der Waals surface area contributed by atoms with Crippen molar-refractivity contribution in [2.24, 2.45) is 0 Å². The van der Waals surface area contributed by atoms with E-state index in [0.29, 0.717) is 21.4 Å². The first-order valence-corrected chi connectivity index (χ1v) is 6.78. The molecule has 0 atom stereocenters. The van der Waals surface area contributed by atoms with Crippen LogP contribution >= 0.6 is 15.9 Å². The number of carbonyl (C=O) groups is 1. The van der Waals surface area contributed by atoms with Gasteiger partial charge in [0.1, 0.15) is 5.82 Å². The molecule has 7 heteroatoms. The van der Waals surface area contributed by atoms with E-state index in [1.54, 1.807) is 24.4 Å². The summed E-state index contributed by atoms with van der Waals surface area (Å²) < 4.78 is 19.8. The Balaban J connectivity index is 2.26. The minimum atomic E-state index is -0.527. The molecule has 0 aliphatic heterocycles. The van der Waals surface area contributed by atoms with Crippen LogP contribution in [-0.2, 0) is 4.74 Å². The molecule has 3 rings (SSSR count). The number of carbonyl (C=O) groups excluding carboxylic acids is 1. The van der Waals surface area contributed by atoms with Crippen LogP contribution in [0.2, 0.25) is 0 Å². The second-order valence-corrected chi connectivity index (χ2v) is 5.11. The second-order valence-electron chi connectivity index (χ2n) is 4.25. The largest absolute Gasteiger partial charge is 0.464 e. The average molecular weight is 350 g/mol. The first-order chi connectivity index (χ1) is 10.1. The van der Waals surface area contributed by atoms with Gasteiger partial charge in [-0.25, -0.2) is 18.7 Å². The van der Waals surface area contributed by atoms with Gasteiger partial charge in [-0.15, -0.1) is 0 Å². The highest BCUT2D eigenvalue weighted by atomic mass is 79.9. The van der Waals surface area contributed by atoms with Gasteiger partial charge < -0.3 is 4.74 Å². The molecule has 106 valence electrons. The van der Waals surface area contributed by atoms with Crippen LogP contribution in [0, 0.1) is 5.82 Å². The van der Waals surface area contributed by atoms with E-state index in [9.17, 15) is 9.18 Å². The number of ether oxygens (including phenoxy) is 1. The Hall–Kier alpha value is -2.28. The Kier molecular flexibility index (Phi) is 3.42. The van der Waals surface area contributed by atoms with Gasteiger partial charge in [-0.05, 0) is 46.3 Å². The third kappa shape index (κ3) is 2.40. The van der Waals surface area contributed by atoms with E-state index < -0.39 is 5.97 Å². The fourth-order valence-corrected chi connectivity index (χ4v) is 2.30. The maximum atomic E-state index is 13.0. The number of halogens is 2. The van der Waals surface area contributed by atoms with Gasteiger partial charge in [-0.2, -0.15) is 5.10 Å². The molecule has 21 heavy (non-hydrogen) atoms. The highest BCUT2D eigenvalue weighted by Gasteiger charge is 2.17. The summed E-state index contributed by atoms with van der Waals surface area (Å²) in [7, 11) is 1.30. The van der Waals surface area contributed by atoms with Crippen LogP contribution in [0.15, 0.2) is 41.0 Å². The lowest BCUT2D eigenvalue weighted by Gasteiger charge is -2.07. The minimum Gasteiger partial charge on any atom is -0.464 e. The number of benzene rings is 1. The summed E-state index contributed by atoms with van der Waals surface area (Å²) in [6, 6.07) is 7.43. The summed E-state index contributed by atoms with van der Waals surface area (Å²) in [6.07, 6.45) is 1.54. The molecule has 0 aliphatic carbocycles. The van der Waals surface area contributed by atoms with Crippen molar-refractivity contribution in [3.05, 3.63) is 52.5 Å². The fourth-order valence-electron chi connectivity index (χ4n) is 1.95. The molecule has 0 spiro atoms. The molecule has 0 amide bonds. The molecule has 3 aromatic rings. The maximum Gasteiger partial charge on any atom is 0.356 e. The van der Waals surface area contributed by atoms with Gasteiger partial charge in [0.05, 0.1) is 23.5 Å². The first kappa shape index (κ1) is 13.7. The first-order valence-electron chi connectivity index (χ1n) is 5.98. The summed E-state index contributed by atoms with van der Waals surface area (Å²) in [5.41, 5.74) is 1.95. The van der Waals surface area contributed by atoms with Gasteiger partial charge in [0.25, 0.3) is 0 Å². The zero-order valence-corrected chi connectivity index (χ0v) is 12.5. The molecule has 1 aromatic carbocycles. The smallest absolute Gasteiger partial charge is 0.356 e. The van der Waals surface area contributed by atoms with Crippen LogP contribution in [-0.4, -0.2) is 27.7 Å². The number of methoxy groups -OCH3 is 1. The molecule has 0 saturated carbocycles. The molecule has 0 N–H and O–H groups in total. The number of fused-ring (bicyclic) bond motifs is 1. The predicted octanol–water partition coefficient (Wildman–Crippen LogP) is 3.08. The Morgan fingerprint density at radius 1 is 1.33 bits per heavy atom.